The molecule has 2 aromatic rings. The van der Waals surface area contributed by atoms with Crippen molar-refractivity contribution >= 4 is 5.91 Å². The van der Waals surface area contributed by atoms with Crippen LogP contribution in [-0.4, -0.2) is 78.5 Å². The molecule has 2 atom stereocenters. The van der Waals surface area contributed by atoms with Crippen LogP contribution in [0.3, 0.4) is 0 Å². The predicted octanol–water partition coefficient (Wildman–Crippen LogP) is 3.45. The van der Waals surface area contributed by atoms with Gasteiger partial charge in [-0.3, -0.25) is 9.48 Å². The standard InChI is InChI=1S/C25H36N4O3/c1-27-24(17-22(26-27)19-9-11-21(32-3)12-10-19)25(30)29(15-16-31-2)18-20-7-6-14-28-13-5-4-8-23(20)28/h9-12,17,20,23H,4-8,13-16,18H2,1-3H3/t20-,23+/m0/s1. The van der Waals surface area contributed by atoms with E-state index in [-0.39, 0.29) is 5.91 Å². The second-order valence-corrected chi connectivity index (χ2v) is 9.01. The van der Waals surface area contributed by atoms with Crippen LogP contribution >= 0.6 is 0 Å². The van der Waals surface area contributed by atoms with E-state index in [0.29, 0.717) is 30.8 Å². The molecule has 2 aliphatic rings. The van der Waals surface area contributed by atoms with Crippen LogP contribution in [0, 0.1) is 5.92 Å². The summed E-state index contributed by atoms with van der Waals surface area (Å²) >= 11 is 0. The molecule has 2 aliphatic heterocycles. The van der Waals surface area contributed by atoms with E-state index in [4.69, 9.17) is 9.47 Å². The van der Waals surface area contributed by atoms with Gasteiger partial charge in [0.25, 0.3) is 5.91 Å². The zero-order valence-corrected chi connectivity index (χ0v) is 19.6. The van der Waals surface area contributed by atoms with Crippen LogP contribution in [0.25, 0.3) is 11.3 Å². The molecule has 174 valence electrons. The number of ether oxygens (including phenoxy) is 2. The highest BCUT2D eigenvalue weighted by Gasteiger charge is 2.35. The fourth-order valence-electron chi connectivity index (χ4n) is 5.28. The third-order valence-electron chi connectivity index (χ3n) is 7.02. The average molecular weight is 441 g/mol. The molecule has 0 spiro atoms. The zero-order chi connectivity index (χ0) is 22.5. The molecule has 0 bridgehead atoms. The normalized spacial score (nSPS) is 21.2. The summed E-state index contributed by atoms with van der Waals surface area (Å²) < 4.78 is 12.3. The molecule has 4 rings (SSSR count). The molecule has 2 saturated heterocycles. The Hall–Kier alpha value is -2.38. The Morgan fingerprint density at radius 2 is 1.91 bits per heavy atom. The van der Waals surface area contributed by atoms with Crippen molar-refractivity contribution in [3.05, 3.63) is 36.0 Å². The van der Waals surface area contributed by atoms with E-state index in [1.165, 1.54) is 45.2 Å². The van der Waals surface area contributed by atoms with Crippen LogP contribution in [0.15, 0.2) is 30.3 Å². The molecular weight excluding hydrogens is 404 g/mol. The van der Waals surface area contributed by atoms with Crippen molar-refractivity contribution < 1.29 is 14.3 Å². The first-order valence-electron chi connectivity index (χ1n) is 11.8. The van der Waals surface area contributed by atoms with Crippen LogP contribution in [-0.2, 0) is 11.8 Å². The van der Waals surface area contributed by atoms with Gasteiger partial charge in [0.05, 0.1) is 19.4 Å². The van der Waals surface area contributed by atoms with E-state index in [1.54, 1.807) is 18.9 Å². The van der Waals surface area contributed by atoms with Gasteiger partial charge < -0.3 is 19.3 Å². The summed E-state index contributed by atoms with van der Waals surface area (Å²) in [5, 5.41) is 4.62. The second-order valence-electron chi connectivity index (χ2n) is 9.01. The number of hydrogen-bond acceptors (Lipinski definition) is 5. The van der Waals surface area contributed by atoms with E-state index >= 15 is 0 Å². The molecule has 0 aliphatic carbocycles. The van der Waals surface area contributed by atoms with E-state index in [2.05, 4.69) is 10.00 Å². The Morgan fingerprint density at radius 3 is 2.66 bits per heavy atom. The Morgan fingerprint density at radius 1 is 1.12 bits per heavy atom. The first-order valence-corrected chi connectivity index (χ1v) is 11.8. The average Bonchev–Trinajstić information content (AvgIpc) is 3.23. The molecule has 2 fully saturated rings. The number of aromatic nitrogens is 2. The monoisotopic (exact) mass is 440 g/mol. The Bertz CT molecular complexity index is 893. The minimum atomic E-state index is 0.0322. The second kappa shape index (κ2) is 10.5. The fourth-order valence-corrected chi connectivity index (χ4v) is 5.28. The first-order chi connectivity index (χ1) is 15.6. The number of hydrogen-bond donors (Lipinski definition) is 0. The van der Waals surface area contributed by atoms with Crippen LogP contribution < -0.4 is 4.74 Å². The van der Waals surface area contributed by atoms with Crippen molar-refractivity contribution in [1.29, 1.82) is 0 Å². The SMILES string of the molecule is COCCN(C[C@@H]1CCCN2CCCC[C@H]12)C(=O)c1cc(-c2ccc(OC)cc2)nn1C. The van der Waals surface area contributed by atoms with Crippen molar-refractivity contribution in [3.8, 4) is 17.0 Å². The maximum absolute atomic E-state index is 13.6. The molecule has 0 radical (unpaired) electrons. The van der Waals surface area contributed by atoms with Crippen molar-refractivity contribution in [2.24, 2.45) is 13.0 Å². The Kier molecular flexibility index (Phi) is 7.48. The van der Waals surface area contributed by atoms with Gasteiger partial charge in [-0.05, 0) is 75.0 Å². The largest absolute Gasteiger partial charge is 0.497 e. The van der Waals surface area contributed by atoms with Gasteiger partial charge in [0, 0.05) is 38.9 Å². The van der Waals surface area contributed by atoms with Crippen LogP contribution in [0.4, 0.5) is 0 Å². The number of aryl methyl sites for hydroxylation is 1. The highest BCUT2D eigenvalue weighted by Crippen LogP contribution is 2.32. The third-order valence-corrected chi connectivity index (χ3v) is 7.02. The molecule has 0 N–H and O–H groups in total. The molecule has 1 amide bonds. The maximum Gasteiger partial charge on any atom is 0.272 e. The number of carbonyl (C=O) groups is 1. The van der Waals surface area contributed by atoms with Crippen molar-refractivity contribution in [2.45, 2.75) is 38.1 Å². The number of methoxy groups -OCH3 is 2. The summed E-state index contributed by atoms with van der Waals surface area (Å²) in [5.74, 6) is 1.36. The molecular formula is C25H36N4O3. The fraction of sp³-hybridized carbons (Fsp3) is 0.600. The lowest BCUT2D eigenvalue weighted by molar-refractivity contribution is 0.0311. The first kappa shape index (κ1) is 22.8. The van der Waals surface area contributed by atoms with Gasteiger partial charge in [-0.25, -0.2) is 0 Å². The van der Waals surface area contributed by atoms with Gasteiger partial charge >= 0.3 is 0 Å². The zero-order valence-electron chi connectivity index (χ0n) is 19.6. The van der Waals surface area contributed by atoms with Crippen molar-refractivity contribution in [3.63, 3.8) is 0 Å². The van der Waals surface area contributed by atoms with Crippen LogP contribution in [0.1, 0.15) is 42.6 Å². The van der Waals surface area contributed by atoms with Gasteiger partial charge in [0.2, 0.25) is 0 Å². The van der Waals surface area contributed by atoms with Gasteiger partial charge in [-0.1, -0.05) is 6.42 Å². The predicted molar refractivity (Wildman–Crippen MR) is 125 cm³/mol. The van der Waals surface area contributed by atoms with Crippen LogP contribution in [0.5, 0.6) is 5.75 Å². The molecule has 0 unspecified atom stereocenters. The molecule has 32 heavy (non-hydrogen) atoms. The topological polar surface area (TPSA) is 59.8 Å². The molecule has 3 heterocycles. The van der Waals surface area contributed by atoms with Crippen LogP contribution in [0.2, 0.25) is 0 Å². The number of benzene rings is 1. The van der Waals surface area contributed by atoms with Gasteiger partial charge in [-0.2, -0.15) is 5.10 Å². The number of carbonyl (C=O) groups excluding carboxylic acids is 1. The minimum absolute atomic E-state index is 0.0322. The summed E-state index contributed by atoms with van der Waals surface area (Å²) in [6.07, 6.45) is 6.28. The summed E-state index contributed by atoms with van der Waals surface area (Å²) in [4.78, 5) is 18.3. The number of rotatable bonds is 8. The van der Waals surface area contributed by atoms with Gasteiger partial charge in [0.1, 0.15) is 11.4 Å². The van der Waals surface area contributed by atoms with E-state index < -0.39 is 0 Å². The van der Waals surface area contributed by atoms with Crippen molar-refractivity contribution in [1.82, 2.24) is 19.6 Å². The number of nitrogens with zero attached hydrogens (tertiary/aromatic N) is 4. The lowest BCUT2D eigenvalue weighted by Crippen LogP contribution is -2.52. The van der Waals surface area contributed by atoms with Gasteiger partial charge in [0.15, 0.2) is 0 Å². The Balaban J connectivity index is 1.53. The third kappa shape index (κ3) is 4.99. The highest BCUT2D eigenvalue weighted by molar-refractivity contribution is 5.93. The summed E-state index contributed by atoms with van der Waals surface area (Å²) in [6, 6.07) is 10.3. The van der Waals surface area contributed by atoms with E-state index in [9.17, 15) is 4.79 Å². The number of piperidine rings is 2. The van der Waals surface area contributed by atoms with E-state index in [1.807, 2.05) is 42.3 Å². The number of amides is 1. The smallest absolute Gasteiger partial charge is 0.272 e. The maximum atomic E-state index is 13.6. The molecule has 7 nitrogen and oxygen atoms in total. The molecule has 7 heteroatoms. The quantitative estimate of drug-likeness (QED) is 0.629. The number of fused-ring (bicyclic) bond motifs is 1. The van der Waals surface area contributed by atoms with Crippen molar-refractivity contribution in [2.75, 3.05) is 47.0 Å². The summed E-state index contributed by atoms with van der Waals surface area (Å²) in [5.41, 5.74) is 2.37. The Labute approximate surface area is 191 Å². The summed E-state index contributed by atoms with van der Waals surface area (Å²) in [7, 11) is 5.19. The molecule has 1 aromatic heterocycles. The highest BCUT2D eigenvalue weighted by atomic mass is 16.5. The lowest BCUT2D eigenvalue weighted by atomic mass is 9.83. The lowest BCUT2D eigenvalue weighted by Gasteiger charge is -2.45. The molecule has 0 saturated carbocycles. The minimum Gasteiger partial charge on any atom is -0.497 e. The summed E-state index contributed by atoms with van der Waals surface area (Å²) in [6.45, 7) is 4.34. The van der Waals surface area contributed by atoms with Gasteiger partial charge in [-0.15, -0.1) is 0 Å². The molecule has 1 aromatic carbocycles. The van der Waals surface area contributed by atoms with E-state index in [0.717, 1.165) is 23.6 Å².